The van der Waals surface area contributed by atoms with E-state index in [1.54, 1.807) is 0 Å². The third kappa shape index (κ3) is 26.1. The van der Waals surface area contributed by atoms with Crippen LogP contribution in [-0.4, -0.2) is 28.1 Å². The first-order valence-corrected chi connectivity index (χ1v) is 12.0. The number of carbonyl (C=O) groups excluding carboxylic acids is 1. The van der Waals surface area contributed by atoms with Crippen molar-refractivity contribution in [2.45, 2.75) is 124 Å². The summed E-state index contributed by atoms with van der Waals surface area (Å²) in [4.78, 5) is 31.1. The lowest BCUT2D eigenvalue weighted by Gasteiger charge is -2.16. The Morgan fingerprint density at radius 2 is 1.19 bits per heavy atom. The highest BCUT2D eigenvalue weighted by Crippen LogP contribution is 2.21. The van der Waals surface area contributed by atoms with E-state index in [0.29, 0.717) is 6.42 Å². The Morgan fingerprint density at radius 3 is 1.61 bits per heavy atom. The third-order valence-corrected chi connectivity index (χ3v) is 5.23. The van der Waals surface area contributed by atoms with Gasteiger partial charge in [-0.1, -0.05) is 70.4 Å². The minimum atomic E-state index is -0.959. The lowest BCUT2D eigenvalue weighted by atomic mass is 9.88. The molecule has 0 atom stereocenters. The van der Waals surface area contributed by atoms with Gasteiger partial charge in [-0.15, -0.1) is 0 Å². The second-order valence-electron chi connectivity index (χ2n) is 8.88. The third-order valence-electron chi connectivity index (χ3n) is 5.23. The fourth-order valence-electron chi connectivity index (χ4n) is 2.90. The second kappa shape index (κ2) is 21.4. The number of rotatable bonds is 19. The number of aliphatic carboxylic acids is 2. The highest BCUT2D eigenvalue weighted by molar-refractivity contribution is 5.75. The molecule has 6 heteroatoms. The van der Waals surface area contributed by atoms with Gasteiger partial charge in [0.25, 0.3) is 0 Å². The molecular formula is C25H47NO5. The van der Waals surface area contributed by atoms with E-state index in [0.717, 1.165) is 12.8 Å². The van der Waals surface area contributed by atoms with Gasteiger partial charge < -0.3 is 15.9 Å². The predicted molar refractivity (Wildman–Crippen MR) is 127 cm³/mol. The van der Waals surface area contributed by atoms with Crippen LogP contribution >= 0.6 is 0 Å². The number of unbranched alkanes of at least 4 members (excludes halogenated alkanes) is 11. The molecule has 0 saturated heterocycles. The quantitative estimate of drug-likeness (QED) is 0.157. The molecule has 0 aliphatic rings. The van der Waals surface area contributed by atoms with Crippen LogP contribution in [0.25, 0.3) is 0 Å². The van der Waals surface area contributed by atoms with Gasteiger partial charge in [-0.25, -0.2) is 0 Å². The summed E-state index contributed by atoms with van der Waals surface area (Å²) in [5.41, 5.74) is 4.17. The highest BCUT2D eigenvalue weighted by Gasteiger charge is 2.27. The Labute approximate surface area is 189 Å². The molecule has 31 heavy (non-hydrogen) atoms. The number of allylic oxidation sites excluding steroid dienone is 2. The zero-order valence-electron chi connectivity index (χ0n) is 20.2. The topological polar surface area (TPSA) is 118 Å². The molecule has 6 nitrogen and oxygen atoms in total. The molecule has 0 unspecified atom stereocenters. The maximum atomic E-state index is 10.5. The molecule has 1 amide bonds. The monoisotopic (exact) mass is 441 g/mol. The number of hydrogen-bond donors (Lipinski definition) is 3. The Morgan fingerprint density at radius 1 is 0.742 bits per heavy atom. The lowest BCUT2D eigenvalue weighted by molar-refractivity contribution is -0.148. The normalized spacial score (nSPS) is 11.2. The molecule has 4 N–H and O–H groups in total. The van der Waals surface area contributed by atoms with Crippen molar-refractivity contribution in [1.29, 1.82) is 0 Å². The number of carboxylic acids is 2. The van der Waals surface area contributed by atoms with E-state index in [9.17, 15) is 14.4 Å². The summed E-state index contributed by atoms with van der Waals surface area (Å²) < 4.78 is 0. The van der Waals surface area contributed by atoms with Gasteiger partial charge in [-0.05, 0) is 52.4 Å². The van der Waals surface area contributed by atoms with E-state index in [1.165, 1.54) is 84.5 Å². The Kier molecular flexibility index (Phi) is 21.6. The van der Waals surface area contributed by atoms with Crippen LogP contribution < -0.4 is 5.73 Å². The average molecular weight is 442 g/mol. The molecule has 0 aromatic heterocycles. The SMILES string of the molecule is CC(C)(CCC(=O)O)C(=O)O.CCCCCCCC/C=C\CCCCCCCC(N)=O. The summed E-state index contributed by atoms with van der Waals surface area (Å²) in [6.07, 6.45) is 22.0. The van der Waals surface area contributed by atoms with Crippen molar-refractivity contribution in [2.75, 3.05) is 0 Å². The number of carbonyl (C=O) groups is 3. The van der Waals surface area contributed by atoms with Crippen molar-refractivity contribution in [3.8, 4) is 0 Å². The Balaban J connectivity index is 0. The summed E-state index contributed by atoms with van der Waals surface area (Å²) >= 11 is 0. The van der Waals surface area contributed by atoms with Crippen molar-refractivity contribution >= 4 is 17.8 Å². The van der Waals surface area contributed by atoms with Crippen molar-refractivity contribution in [3.05, 3.63) is 12.2 Å². The van der Waals surface area contributed by atoms with Gasteiger partial charge in [0.05, 0.1) is 5.41 Å². The van der Waals surface area contributed by atoms with E-state index in [1.807, 2.05) is 0 Å². The number of carboxylic acid groups (broad SMARTS) is 2. The van der Waals surface area contributed by atoms with Crippen LogP contribution in [-0.2, 0) is 14.4 Å². The van der Waals surface area contributed by atoms with Crippen LogP contribution in [0.15, 0.2) is 12.2 Å². The maximum Gasteiger partial charge on any atom is 0.309 e. The van der Waals surface area contributed by atoms with Crippen LogP contribution in [0.1, 0.15) is 124 Å². The van der Waals surface area contributed by atoms with E-state index in [4.69, 9.17) is 15.9 Å². The number of nitrogens with two attached hydrogens (primary N) is 1. The molecule has 0 fully saturated rings. The van der Waals surface area contributed by atoms with E-state index < -0.39 is 17.4 Å². The average Bonchev–Trinajstić information content (AvgIpc) is 2.69. The Hall–Kier alpha value is -1.85. The predicted octanol–water partition coefficient (Wildman–Crippen LogP) is 6.47. The number of amides is 1. The summed E-state index contributed by atoms with van der Waals surface area (Å²) in [5, 5.41) is 16.8. The maximum absolute atomic E-state index is 10.5. The first kappa shape index (κ1) is 31.3. The molecule has 0 saturated carbocycles. The van der Waals surface area contributed by atoms with Crippen molar-refractivity contribution in [3.63, 3.8) is 0 Å². The van der Waals surface area contributed by atoms with Crippen LogP contribution in [0.3, 0.4) is 0 Å². The van der Waals surface area contributed by atoms with Crippen molar-refractivity contribution in [1.82, 2.24) is 0 Å². The fraction of sp³-hybridized carbons (Fsp3) is 0.800. The van der Waals surface area contributed by atoms with Gasteiger partial charge >= 0.3 is 11.9 Å². The number of primary amides is 1. The molecule has 0 rings (SSSR count). The molecule has 0 radical (unpaired) electrons. The van der Waals surface area contributed by atoms with Crippen LogP contribution in [0, 0.1) is 5.41 Å². The number of hydrogen-bond acceptors (Lipinski definition) is 3. The molecule has 0 aliphatic heterocycles. The second-order valence-corrected chi connectivity index (χ2v) is 8.88. The van der Waals surface area contributed by atoms with Crippen molar-refractivity contribution < 1.29 is 24.6 Å². The standard InChI is InChI=1S/C18H35NO.C7H12O4/c1-2-3-4-5-6-7-8-9-10-11-12-13-14-15-16-17-18(19)20;1-7(2,6(10)11)4-3-5(8)9/h9-10H,2-8,11-17H2,1H3,(H2,19,20);3-4H2,1-2H3,(H,8,9)(H,10,11)/b10-9-;. The smallest absolute Gasteiger partial charge is 0.309 e. The highest BCUT2D eigenvalue weighted by atomic mass is 16.4. The minimum Gasteiger partial charge on any atom is -0.481 e. The fourth-order valence-corrected chi connectivity index (χ4v) is 2.90. The summed E-state index contributed by atoms with van der Waals surface area (Å²) in [6, 6.07) is 0. The summed E-state index contributed by atoms with van der Waals surface area (Å²) in [5.74, 6) is -2.08. The van der Waals surface area contributed by atoms with Crippen LogP contribution in [0.2, 0.25) is 0 Å². The first-order valence-electron chi connectivity index (χ1n) is 12.0. The zero-order valence-corrected chi connectivity index (χ0v) is 20.2. The molecule has 0 aromatic carbocycles. The lowest BCUT2D eigenvalue weighted by Crippen LogP contribution is -2.24. The Bertz CT molecular complexity index is 500. The minimum absolute atomic E-state index is 0.0979. The van der Waals surface area contributed by atoms with Gasteiger partial charge in [-0.3, -0.25) is 14.4 Å². The molecule has 182 valence electrons. The molecule has 0 spiro atoms. The summed E-state index contributed by atoms with van der Waals surface area (Å²) in [6.45, 7) is 5.29. The van der Waals surface area contributed by atoms with Gasteiger partial charge in [0.1, 0.15) is 0 Å². The first-order chi connectivity index (χ1) is 14.6. The van der Waals surface area contributed by atoms with Gasteiger partial charge in [-0.2, -0.15) is 0 Å². The van der Waals surface area contributed by atoms with E-state index >= 15 is 0 Å². The van der Waals surface area contributed by atoms with E-state index in [2.05, 4.69) is 19.1 Å². The van der Waals surface area contributed by atoms with Crippen molar-refractivity contribution in [2.24, 2.45) is 11.1 Å². The molecule has 0 aromatic rings. The van der Waals surface area contributed by atoms with Gasteiger partial charge in [0, 0.05) is 12.8 Å². The zero-order chi connectivity index (χ0) is 24.0. The van der Waals surface area contributed by atoms with E-state index in [-0.39, 0.29) is 18.7 Å². The largest absolute Gasteiger partial charge is 0.481 e. The van der Waals surface area contributed by atoms with Gasteiger partial charge in [0.2, 0.25) is 5.91 Å². The van der Waals surface area contributed by atoms with Gasteiger partial charge in [0.15, 0.2) is 0 Å². The molecule has 0 bridgehead atoms. The molecular weight excluding hydrogens is 394 g/mol. The summed E-state index contributed by atoms with van der Waals surface area (Å²) in [7, 11) is 0. The molecule has 0 heterocycles. The van der Waals surface area contributed by atoms with Crippen LogP contribution in [0.5, 0.6) is 0 Å². The molecule has 0 aliphatic carbocycles. The van der Waals surface area contributed by atoms with Crippen LogP contribution in [0.4, 0.5) is 0 Å².